The molecule has 0 N–H and O–H groups in total. The first-order chi connectivity index (χ1) is 7.62. The molecule has 0 spiro atoms. The molecule has 0 nitrogen and oxygen atoms in total. The Kier molecular flexibility index (Phi) is 14.4. The molecule has 1 rings (SSSR count). The number of hydrogen-bond donors (Lipinski definition) is 0. The molecule has 0 unspecified atom stereocenters. The first-order valence-electron chi connectivity index (χ1n) is 6.80. The van der Waals surface area contributed by atoms with Gasteiger partial charge in [0.1, 0.15) is 0 Å². The Bertz CT molecular complexity index is 328. The average Bonchev–Trinajstić information content (AvgIpc) is 2.56. The van der Waals surface area contributed by atoms with Crippen molar-refractivity contribution in [2.75, 3.05) is 0 Å². The summed E-state index contributed by atoms with van der Waals surface area (Å²) in [7, 11) is 0. The normalized spacial score (nSPS) is 16.6. The van der Waals surface area contributed by atoms with Crippen LogP contribution in [0.15, 0.2) is 20.0 Å². The zero-order valence-electron chi connectivity index (χ0n) is 12.8. The molecule has 0 amide bonds. The third kappa shape index (κ3) is 4.12. The molecule has 0 aromatic carbocycles. The van der Waals surface area contributed by atoms with Gasteiger partial charge >= 0.3 is 117 Å². The summed E-state index contributed by atoms with van der Waals surface area (Å²) in [5.74, 6) is 0. The van der Waals surface area contributed by atoms with Gasteiger partial charge in [0.25, 0.3) is 0 Å². The van der Waals surface area contributed by atoms with Crippen molar-refractivity contribution in [1.29, 1.82) is 0 Å². The van der Waals surface area contributed by atoms with Gasteiger partial charge in [-0.05, 0) is 0 Å². The summed E-state index contributed by atoms with van der Waals surface area (Å²) in [6.45, 7) is 11.7. The Labute approximate surface area is 153 Å². The van der Waals surface area contributed by atoms with Gasteiger partial charge in [-0.2, -0.15) is 0 Å². The molecule has 0 aromatic rings. The van der Waals surface area contributed by atoms with E-state index in [0.717, 1.165) is 0 Å². The van der Waals surface area contributed by atoms with Gasteiger partial charge in [0, 0.05) is 0 Å². The largest absolute Gasteiger partial charge is 0.147 e. The van der Waals surface area contributed by atoms with Crippen LogP contribution in [0, 0.1) is 5.41 Å². The van der Waals surface area contributed by atoms with E-state index in [-0.39, 0.29) is 37.2 Å². The molecule has 113 valence electrons. The van der Waals surface area contributed by atoms with Crippen molar-refractivity contribution < 1.29 is 24.7 Å². The zero-order valence-corrected chi connectivity index (χ0v) is 17.7. The number of hydrogen-bond acceptors (Lipinski definition) is 0. The Hall–Kier alpha value is 1.23. The Morgan fingerprint density at radius 2 is 1.16 bits per heavy atom. The van der Waals surface area contributed by atoms with Crippen LogP contribution in [0.5, 0.6) is 0 Å². The van der Waals surface area contributed by atoms with Gasteiger partial charge in [-0.15, -0.1) is 37.2 Å². The summed E-state index contributed by atoms with van der Waals surface area (Å²) >= 11 is 1.64. The van der Waals surface area contributed by atoms with E-state index in [0.29, 0.717) is 5.41 Å². The average molecular weight is 406 g/mol. The van der Waals surface area contributed by atoms with Gasteiger partial charge in [0.05, 0.1) is 0 Å². The molecule has 0 radical (unpaired) electrons. The molecule has 0 aromatic heterocycles. The predicted molar refractivity (Wildman–Crippen MR) is 89.7 cm³/mol. The molecule has 1 aliphatic rings. The monoisotopic (exact) mass is 403 g/mol. The summed E-state index contributed by atoms with van der Waals surface area (Å²) in [5, 5.41) is 0. The molecule has 0 aliphatic heterocycles. The van der Waals surface area contributed by atoms with Crippen LogP contribution in [0.2, 0.25) is 0 Å². The minimum Gasteiger partial charge on any atom is -0.147 e. The summed E-state index contributed by atoms with van der Waals surface area (Å²) in [5.41, 5.74) is 5.63. The molecular formula is C15H28Cl3Zr. The second-order valence-corrected chi connectivity index (χ2v) is 5.89. The second kappa shape index (κ2) is 10.9. The number of allylic oxidation sites excluding steroid dienone is 4. The van der Waals surface area contributed by atoms with Gasteiger partial charge in [0.15, 0.2) is 0 Å². The standard InChI is InChI=1S/C15H25.3ClH.Zr/c1-6-12-11-15(9-4,10-5)14(8-3)13(12)7-2;;;;/h6-10H2,1-5H3;3*1H;. The van der Waals surface area contributed by atoms with Gasteiger partial charge in [-0.3, -0.25) is 0 Å². The third-order valence-electron chi connectivity index (χ3n) is 4.35. The summed E-state index contributed by atoms with van der Waals surface area (Å²) in [6.07, 6.45) is 6.29. The number of rotatable bonds is 5. The molecule has 0 heterocycles. The van der Waals surface area contributed by atoms with Crippen LogP contribution >= 0.6 is 37.2 Å². The van der Waals surface area contributed by atoms with E-state index in [1.165, 1.54) is 32.1 Å². The third-order valence-corrected chi connectivity index (χ3v) is 6.27. The fourth-order valence-corrected chi connectivity index (χ4v) is 5.51. The van der Waals surface area contributed by atoms with Crippen molar-refractivity contribution >= 4 is 37.2 Å². The molecule has 0 fully saturated rings. The Balaban J connectivity index is -0.000000853. The fraction of sp³-hybridized carbons (Fsp3) is 0.733. The van der Waals surface area contributed by atoms with E-state index in [2.05, 4.69) is 34.6 Å². The molecule has 0 atom stereocenters. The van der Waals surface area contributed by atoms with Crippen molar-refractivity contribution in [3.8, 4) is 0 Å². The van der Waals surface area contributed by atoms with E-state index in [9.17, 15) is 0 Å². The van der Waals surface area contributed by atoms with Crippen LogP contribution in [0.4, 0.5) is 0 Å². The van der Waals surface area contributed by atoms with E-state index in [1.807, 2.05) is 0 Å². The molecule has 19 heavy (non-hydrogen) atoms. The smallest absolute Gasteiger partial charge is 0.147 e. The maximum atomic E-state index is 2.37. The Morgan fingerprint density at radius 3 is 1.42 bits per heavy atom. The summed E-state index contributed by atoms with van der Waals surface area (Å²) in [4.78, 5) is 0. The minimum absolute atomic E-state index is 0. The van der Waals surface area contributed by atoms with Crippen LogP contribution in [0.1, 0.15) is 66.7 Å². The maximum Gasteiger partial charge on any atom is -0.147 e. The molecule has 1 aliphatic carbocycles. The number of halogens is 3. The predicted octanol–water partition coefficient (Wildman–Crippen LogP) is 6.40. The second-order valence-electron chi connectivity index (χ2n) is 4.66. The van der Waals surface area contributed by atoms with Crippen molar-refractivity contribution in [3.05, 3.63) is 20.0 Å². The molecule has 0 saturated heterocycles. The van der Waals surface area contributed by atoms with Crippen molar-refractivity contribution in [1.82, 2.24) is 0 Å². The zero-order chi connectivity index (χ0) is 12.3. The van der Waals surface area contributed by atoms with Gasteiger partial charge in [0.2, 0.25) is 0 Å². The first kappa shape index (κ1) is 25.2. The van der Waals surface area contributed by atoms with E-state index in [4.69, 9.17) is 0 Å². The van der Waals surface area contributed by atoms with E-state index < -0.39 is 0 Å². The quantitative estimate of drug-likeness (QED) is 0.496. The van der Waals surface area contributed by atoms with Crippen LogP contribution in [-0.4, -0.2) is 0 Å². The summed E-state index contributed by atoms with van der Waals surface area (Å²) in [6, 6.07) is 0. The van der Waals surface area contributed by atoms with Crippen LogP contribution in [0.25, 0.3) is 0 Å². The fourth-order valence-electron chi connectivity index (χ4n) is 3.46. The SMILES string of the molecule is CCC1=[C]([Zr])C(CC)(CC)C(CC)=C1CC.Cl.Cl.Cl. The molecular weight excluding hydrogens is 378 g/mol. The van der Waals surface area contributed by atoms with Gasteiger partial charge in [-0.1, -0.05) is 0 Å². The van der Waals surface area contributed by atoms with Crippen molar-refractivity contribution in [2.45, 2.75) is 66.7 Å². The van der Waals surface area contributed by atoms with Crippen molar-refractivity contribution in [2.24, 2.45) is 5.41 Å². The first-order valence-corrected chi connectivity index (χ1v) is 8.03. The molecule has 0 saturated carbocycles. The van der Waals surface area contributed by atoms with Crippen LogP contribution in [0.3, 0.4) is 0 Å². The van der Waals surface area contributed by atoms with Crippen LogP contribution < -0.4 is 0 Å². The van der Waals surface area contributed by atoms with Gasteiger partial charge in [-0.25, -0.2) is 0 Å². The maximum absolute atomic E-state index is 2.37. The van der Waals surface area contributed by atoms with Crippen LogP contribution in [-0.2, 0) is 24.7 Å². The summed E-state index contributed by atoms with van der Waals surface area (Å²) < 4.78 is 1.76. The Morgan fingerprint density at radius 1 is 0.737 bits per heavy atom. The van der Waals surface area contributed by atoms with E-state index >= 15 is 0 Å². The van der Waals surface area contributed by atoms with Gasteiger partial charge < -0.3 is 0 Å². The minimum atomic E-state index is 0. The molecule has 4 heteroatoms. The van der Waals surface area contributed by atoms with E-state index in [1.54, 1.807) is 44.7 Å². The van der Waals surface area contributed by atoms with Crippen molar-refractivity contribution in [3.63, 3.8) is 0 Å². The topological polar surface area (TPSA) is 0 Å². The molecule has 0 bridgehead atoms.